The average Bonchev–Trinajstić information content (AvgIpc) is 3.20. The molecule has 0 radical (unpaired) electrons. The third-order valence-corrected chi connectivity index (χ3v) is 7.72. The molecule has 8 nitrogen and oxygen atoms in total. The lowest BCUT2D eigenvalue weighted by Crippen LogP contribution is -2.37. The van der Waals surface area contributed by atoms with E-state index < -0.39 is 16.1 Å². The fourth-order valence-corrected chi connectivity index (χ4v) is 5.75. The summed E-state index contributed by atoms with van der Waals surface area (Å²) >= 11 is 0. The molecule has 0 saturated carbocycles. The fraction of sp³-hybridized carbons (Fsp3) is 0.440. The quantitative estimate of drug-likeness (QED) is 0.424. The largest absolute Gasteiger partial charge is 0.492 e. The zero-order valence-electron chi connectivity index (χ0n) is 19.3. The van der Waals surface area contributed by atoms with E-state index in [1.807, 2.05) is 6.07 Å². The molecule has 3 aromatic rings. The number of aromatic nitrogens is 1. The van der Waals surface area contributed by atoms with Crippen molar-refractivity contribution < 1.29 is 23.0 Å². The molecule has 2 aromatic carbocycles. The van der Waals surface area contributed by atoms with Crippen LogP contribution in [-0.2, 0) is 22.9 Å². The van der Waals surface area contributed by atoms with Gasteiger partial charge in [0.05, 0.1) is 24.6 Å². The van der Waals surface area contributed by atoms with E-state index in [0.717, 1.165) is 24.1 Å². The number of anilines is 1. The summed E-state index contributed by atoms with van der Waals surface area (Å²) in [5.74, 6) is 1.33. The van der Waals surface area contributed by atoms with Gasteiger partial charge in [-0.3, -0.25) is 4.31 Å². The van der Waals surface area contributed by atoms with E-state index in [9.17, 15) is 13.5 Å². The molecule has 1 atom stereocenters. The van der Waals surface area contributed by atoms with Crippen LogP contribution in [0.5, 0.6) is 11.5 Å². The number of hydrogen-bond donors (Lipinski definition) is 3. The minimum Gasteiger partial charge on any atom is -0.492 e. The number of aliphatic hydroxyl groups is 1. The van der Waals surface area contributed by atoms with Gasteiger partial charge in [-0.15, -0.1) is 0 Å². The first-order chi connectivity index (χ1) is 16.4. The number of rotatable bonds is 8. The van der Waals surface area contributed by atoms with Gasteiger partial charge in [-0.1, -0.05) is 6.07 Å². The molecule has 0 bridgehead atoms. The molecule has 2 aliphatic rings. The summed E-state index contributed by atoms with van der Waals surface area (Å²) in [5, 5.41) is 15.1. The van der Waals surface area contributed by atoms with Crippen molar-refractivity contribution in [2.75, 3.05) is 43.4 Å². The van der Waals surface area contributed by atoms with Gasteiger partial charge in [0.15, 0.2) is 0 Å². The van der Waals surface area contributed by atoms with E-state index in [0.29, 0.717) is 43.3 Å². The molecule has 0 fully saturated rings. The number of hydrogen-bond acceptors (Lipinski definition) is 6. The number of benzene rings is 2. The van der Waals surface area contributed by atoms with Crippen LogP contribution in [-0.4, -0.2) is 57.6 Å². The van der Waals surface area contributed by atoms with Gasteiger partial charge in [-0.25, -0.2) is 8.42 Å². The summed E-state index contributed by atoms with van der Waals surface area (Å²) in [6, 6.07) is 11.4. The van der Waals surface area contributed by atoms with E-state index in [1.165, 1.54) is 40.0 Å². The summed E-state index contributed by atoms with van der Waals surface area (Å²) in [5.41, 5.74) is 5.05. The second kappa shape index (κ2) is 9.48. The van der Waals surface area contributed by atoms with E-state index in [-0.39, 0.29) is 6.54 Å². The summed E-state index contributed by atoms with van der Waals surface area (Å²) in [6.45, 7) is 1.93. The summed E-state index contributed by atoms with van der Waals surface area (Å²) in [4.78, 5) is 3.55. The molecule has 2 heterocycles. The smallest absolute Gasteiger partial charge is 0.232 e. The minimum absolute atomic E-state index is 0.262. The molecular weight excluding hydrogens is 454 g/mol. The molecule has 0 saturated heterocycles. The van der Waals surface area contributed by atoms with Gasteiger partial charge in [0.25, 0.3) is 0 Å². The maximum atomic E-state index is 12.1. The molecule has 5 rings (SSSR count). The second-order valence-corrected chi connectivity index (χ2v) is 10.9. The second-order valence-electron chi connectivity index (χ2n) is 8.98. The lowest BCUT2D eigenvalue weighted by Gasteiger charge is -2.30. The Morgan fingerprint density at radius 2 is 2.06 bits per heavy atom. The number of aliphatic hydroxyl groups excluding tert-OH is 1. The van der Waals surface area contributed by atoms with Gasteiger partial charge in [-0.2, -0.15) is 0 Å². The summed E-state index contributed by atoms with van der Waals surface area (Å²) < 4.78 is 37.0. The summed E-state index contributed by atoms with van der Waals surface area (Å²) in [7, 11) is -3.41. The number of nitrogens with zero attached hydrogens (tertiary/aromatic N) is 1. The molecule has 34 heavy (non-hydrogen) atoms. The topological polar surface area (TPSA) is 104 Å². The Kier molecular flexibility index (Phi) is 6.42. The average molecular weight is 486 g/mol. The number of aromatic amines is 1. The van der Waals surface area contributed by atoms with Gasteiger partial charge >= 0.3 is 0 Å². The third-order valence-electron chi connectivity index (χ3n) is 6.54. The zero-order chi connectivity index (χ0) is 23.7. The molecular formula is C25H31N3O5S. The predicted octanol–water partition coefficient (Wildman–Crippen LogP) is 2.91. The van der Waals surface area contributed by atoms with Crippen LogP contribution in [0.3, 0.4) is 0 Å². The van der Waals surface area contributed by atoms with Crippen LogP contribution >= 0.6 is 0 Å². The lowest BCUT2D eigenvalue weighted by molar-refractivity contribution is 0.172. The number of fused-ring (bicyclic) bond motifs is 4. The Balaban J connectivity index is 1.14. The number of ether oxygens (including phenoxy) is 2. The zero-order valence-corrected chi connectivity index (χ0v) is 20.2. The summed E-state index contributed by atoms with van der Waals surface area (Å²) in [6.07, 6.45) is 5.16. The number of sulfonamides is 1. The normalized spacial score (nSPS) is 16.6. The SMILES string of the molecule is CS(=O)(=O)N1CCOc2ccc([C@@H](O)CNCCOc3ccc4c5c([nH]c4c3)CCCC5)cc21. The molecule has 0 amide bonds. The molecule has 0 spiro atoms. The highest BCUT2D eigenvalue weighted by Gasteiger charge is 2.26. The lowest BCUT2D eigenvalue weighted by atomic mass is 9.96. The molecule has 1 aliphatic carbocycles. The van der Waals surface area contributed by atoms with Crippen molar-refractivity contribution >= 4 is 26.6 Å². The molecule has 9 heteroatoms. The monoisotopic (exact) mass is 485 g/mol. The minimum atomic E-state index is -3.41. The van der Waals surface area contributed by atoms with E-state index >= 15 is 0 Å². The standard InChI is InChI=1S/C25H31N3O5S/c1-34(30,31)28-11-13-33-25-9-6-17(14-23(25)28)24(29)16-26-10-12-32-18-7-8-20-19-4-2-3-5-21(19)27-22(20)15-18/h6-9,14-15,24,26-27,29H,2-5,10-13,16H2,1H3/t24-/m0/s1. The Labute approximate surface area is 199 Å². The van der Waals surface area contributed by atoms with Crippen LogP contribution in [0.4, 0.5) is 5.69 Å². The van der Waals surface area contributed by atoms with Gasteiger partial charge in [0.1, 0.15) is 24.7 Å². The van der Waals surface area contributed by atoms with Crippen molar-refractivity contribution in [3.05, 3.63) is 53.2 Å². The van der Waals surface area contributed by atoms with Crippen LogP contribution in [0, 0.1) is 0 Å². The number of aryl methyl sites for hydroxylation is 2. The maximum Gasteiger partial charge on any atom is 0.232 e. The maximum absolute atomic E-state index is 12.1. The van der Waals surface area contributed by atoms with Crippen LogP contribution < -0.4 is 19.1 Å². The Hall–Kier alpha value is -2.75. The Morgan fingerprint density at radius 1 is 1.21 bits per heavy atom. The van der Waals surface area contributed by atoms with Gasteiger partial charge < -0.3 is 24.9 Å². The fourth-order valence-electron chi connectivity index (χ4n) is 4.84. The number of nitrogens with one attached hydrogen (secondary N) is 2. The molecule has 1 aliphatic heterocycles. The van der Waals surface area contributed by atoms with Gasteiger partial charge in [0.2, 0.25) is 10.0 Å². The number of H-pyrrole nitrogens is 1. The first-order valence-electron chi connectivity index (χ1n) is 11.8. The van der Waals surface area contributed by atoms with Crippen LogP contribution in [0.25, 0.3) is 10.9 Å². The van der Waals surface area contributed by atoms with Crippen molar-refractivity contribution in [2.24, 2.45) is 0 Å². The first kappa shape index (κ1) is 23.0. The molecule has 182 valence electrons. The third kappa shape index (κ3) is 4.73. The van der Waals surface area contributed by atoms with Gasteiger partial charge in [-0.05, 0) is 61.1 Å². The van der Waals surface area contributed by atoms with Crippen molar-refractivity contribution in [3.63, 3.8) is 0 Å². The molecule has 0 unspecified atom stereocenters. The van der Waals surface area contributed by atoms with Crippen molar-refractivity contribution in [1.29, 1.82) is 0 Å². The highest BCUT2D eigenvalue weighted by molar-refractivity contribution is 7.92. The van der Waals surface area contributed by atoms with Crippen LogP contribution in [0.1, 0.15) is 35.8 Å². The van der Waals surface area contributed by atoms with E-state index in [4.69, 9.17) is 9.47 Å². The van der Waals surface area contributed by atoms with Crippen molar-refractivity contribution in [2.45, 2.75) is 31.8 Å². The highest BCUT2D eigenvalue weighted by atomic mass is 32.2. The van der Waals surface area contributed by atoms with Gasteiger partial charge in [0, 0.05) is 35.8 Å². The van der Waals surface area contributed by atoms with E-state index in [2.05, 4.69) is 22.4 Å². The van der Waals surface area contributed by atoms with Crippen LogP contribution in [0.2, 0.25) is 0 Å². The first-order valence-corrected chi connectivity index (χ1v) is 13.6. The predicted molar refractivity (Wildman–Crippen MR) is 132 cm³/mol. The Bertz CT molecular complexity index is 1290. The molecule has 1 aromatic heterocycles. The van der Waals surface area contributed by atoms with Crippen molar-refractivity contribution in [1.82, 2.24) is 10.3 Å². The van der Waals surface area contributed by atoms with E-state index in [1.54, 1.807) is 18.2 Å². The van der Waals surface area contributed by atoms with Crippen LogP contribution in [0.15, 0.2) is 36.4 Å². The van der Waals surface area contributed by atoms with Crippen molar-refractivity contribution in [3.8, 4) is 11.5 Å². The highest BCUT2D eigenvalue weighted by Crippen LogP contribution is 2.35. The Morgan fingerprint density at radius 3 is 2.91 bits per heavy atom. The molecule has 3 N–H and O–H groups in total.